The average molecular weight is 1000 g/mol. The third kappa shape index (κ3) is 19.9. The molecular weight excluding hydrogens is 905 g/mol. The smallest absolute Gasteiger partial charge is 0.201 e. The summed E-state index contributed by atoms with van der Waals surface area (Å²) in [5, 5.41) is 0. The fourth-order valence-corrected chi connectivity index (χ4v) is 12.9. The molecule has 404 valence electrons. The first-order valence-electron chi connectivity index (χ1n) is 30.3. The van der Waals surface area contributed by atoms with Gasteiger partial charge in [-0.1, -0.05) is 180 Å². The minimum atomic E-state index is -0.885. The van der Waals surface area contributed by atoms with Crippen LogP contribution >= 0.6 is 0 Å². The van der Waals surface area contributed by atoms with Gasteiger partial charge in [0.1, 0.15) is 5.78 Å². The maximum atomic E-state index is 15.3. The van der Waals surface area contributed by atoms with Crippen LogP contribution in [0.3, 0.4) is 0 Å². The number of unbranched alkanes of at least 4 members (excludes halogenated alkanes) is 12. The standard InChI is InChI=1S/C65H98F4O3/c1-3-5-13-19-49-23-27-51(28-24-49)31-33-53-35-39-55(40-36-53)58-43-45-60(64(68)62(58)66)71-47-17-11-7-9-15-21-57(70)22-16-10-8-12-18-48-72-61-46-44-59(63(67)65(61)69)56-41-37-54(38-42-56)34-32-52-29-25-50(26-30-52)20-14-6-4-2/h39,41,43-46,49-54H,3-38,40,42,47-48H2,1-2H3. The highest BCUT2D eigenvalue weighted by atomic mass is 19.2. The van der Waals surface area contributed by atoms with Gasteiger partial charge in [0.15, 0.2) is 23.1 Å². The highest BCUT2D eigenvalue weighted by Gasteiger charge is 2.27. The van der Waals surface area contributed by atoms with Gasteiger partial charge in [-0.3, -0.25) is 4.79 Å². The lowest BCUT2D eigenvalue weighted by molar-refractivity contribution is -0.119. The lowest BCUT2D eigenvalue weighted by atomic mass is 9.76. The van der Waals surface area contributed by atoms with Crippen LogP contribution in [0.15, 0.2) is 36.4 Å². The third-order valence-electron chi connectivity index (χ3n) is 17.9. The molecule has 0 amide bonds. The maximum Gasteiger partial charge on any atom is 0.201 e. The maximum absolute atomic E-state index is 15.3. The van der Waals surface area contributed by atoms with Crippen molar-refractivity contribution in [1.82, 2.24) is 0 Å². The van der Waals surface area contributed by atoms with E-state index in [0.717, 1.165) is 138 Å². The molecule has 7 heteroatoms. The molecule has 2 unspecified atom stereocenters. The van der Waals surface area contributed by atoms with Crippen molar-refractivity contribution in [2.45, 2.75) is 258 Å². The summed E-state index contributed by atoms with van der Waals surface area (Å²) in [4.78, 5) is 12.5. The minimum Gasteiger partial charge on any atom is -0.490 e. The summed E-state index contributed by atoms with van der Waals surface area (Å²) >= 11 is 0. The van der Waals surface area contributed by atoms with E-state index in [4.69, 9.17) is 9.47 Å². The number of carbonyl (C=O) groups is 1. The number of halogens is 4. The molecule has 4 aliphatic rings. The first kappa shape index (κ1) is 58.2. The summed E-state index contributed by atoms with van der Waals surface area (Å²) in [6.45, 7) is 5.25. The number of allylic oxidation sites excluding steroid dienone is 4. The van der Waals surface area contributed by atoms with E-state index in [-0.39, 0.29) is 11.5 Å². The Kier molecular flexibility index (Phi) is 26.7. The summed E-state index contributed by atoms with van der Waals surface area (Å²) in [6.07, 6.45) is 47.4. The largest absolute Gasteiger partial charge is 0.490 e. The number of benzene rings is 2. The molecule has 0 saturated heterocycles. The van der Waals surface area contributed by atoms with Gasteiger partial charge in [0.05, 0.1) is 13.2 Å². The van der Waals surface area contributed by atoms with Crippen LogP contribution in [0.1, 0.15) is 269 Å². The SMILES string of the molecule is CCCCCC1CCC(CCC2CC=C(c3ccc(OCCCCCCCC(=O)CCCCCCCOc4ccc(C5=CCC(CCC6CCC(CCCCC)CC6)CC5)c(F)c4F)c(F)c3F)CC2)CC1. The Morgan fingerprint density at radius 2 is 0.778 bits per heavy atom. The number of Topliss-reactive ketones (excluding diaryl/α,β-unsaturated/α-hetero) is 1. The van der Waals surface area contributed by atoms with E-state index in [2.05, 4.69) is 26.0 Å². The number of rotatable bonds is 34. The number of hydrogen-bond acceptors (Lipinski definition) is 3. The van der Waals surface area contributed by atoms with Gasteiger partial charge in [0, 0.05) is 24.0 Å². The van der Waals surface area contributed by atoms with Gasteiger partial charge in [0.2, 0.25) is 11.6 Å². The monoisotopic (exact) mass is 1000 g/mol. The molecule has 2 fully saturated rings. The fourth-order valence-electron chi connectivity index (χ4n) is 12.9. The molecule has 2 aromatic carbocycles. The van der Waals surface area contributed by atoms with Gasteiger partial charge in [-0.2, -0.15) is 8.78 Å². The third-order valence-corrected chi connectivity index (χ3v) is 17.9. The van der Waals surface area contributed by atoms with Crippen LogP contribution in [0.4, 0.5) is 17.6 Å². The van der Waals surface area contributed by atoms with Gasteiger partial charge in [0.25, 0.3) is 0 Å². The van der Waals surface area contributed by atoms with Gasteiger partial charge in [-0.25, -0.2) is 8.78 Å². The Bertz CT molecular complexity index is 1790. The first-order valence-corrected chi connectivity index (χ1v) is 30.3. The van der Waals surface area contributed by atoms with Crippen molar-refractivity contribution in [3.63, 3.8) is 0 Å². The molecule has 4 aliphatic carbocycles. The van der Waals surface area contributed by atoms with E-state index < -0.39 is 23.3 Å². The van der Waals surface area contributed by atoms with Crippen molar-refractivity contribution in [2.24, 2.45) is 35.5 Å². The molecule has 0 spiro atoms. The Hall–Kier alpha value is -3.09. The molecule has 2 aromatic rings. The van der Waals surface area contributed by atoms with Crippen LogP contribution in [-0.4, -0.2) is 19.0 Å². The quantitative estimate of drug-likeness (QED) is 0.0518. The van der Waals surface area contributed by atoms with Crippen LogP contribution in [0.25, 0.3) is 11.1 Å². The molecule has 2 saturated carbocycles. The van der Waals surface area contributed by atoms with Gasteiger partial charge >= 0.3 is 0 Å². The molecule has 0 aromatic heterocycles. The van der Waals surface area contributed by atoms with Crippen molar-refractivity contribution in [3.05, 3.63) is 70.8 Å². The predicted octanol–water partition coefficient (Wildman–Crippen LogP) is 20.7. The molecule has 6 rings (SSSR count). The number of ketones is 1. The minimum absolute atomic E-state index is 0.0114. The summed E-state index contributed by atoms with van der Waals surface area (Å²) in [6, 6.07) is 6.57. The zero-order chi connectivity index (χ0) is 50.8. The predicted molar refractivity (Wildman–Crippen MR) is 292 cm³/mol. The molecular formula is C65H98F4O3. The molecule has 0 bridgehead atoms. The fraction of sp³-hybridized carbons (Fsp3) is 0.738. The molecule has 2 atom stereocenters. The van der Waals surface area contributed by atoms with Crippen molar-refractivity contribution >= 4 is 16.9 Å². The van der Waals surface area contributed by atoms with Crippen LogP contribution in [0.5, 0.6) is 11.5 Å². The zero-order valence-electron chi connectivity index (χ0n) is 45.4. The second-order valence-electron chi connectivity index (χ2n) is 23.4. The molecule has 3 nitrogen and oxygen atoms in total. The summed E-state index contributed by atoms with van der Waals surface area (Å²) in [5.74, 6) is 1.89. The van der Waals surface area contributed by atoms with Gasteiger partial charge < -0.3 is 9.47 Å². The summed E-state index contributed by atoms with van der Waals surface area (Å²) < 4.78 is 72.1. The highest BCUT2D eigenvalue weighted by Crippen LogP contribution is 2.41. The van der Waals surface area contributed by atoms with Gasteiger partial charge in [-0.05, 0) is 148 Å². The van der Waals surface area contributed by atoms with E-state index in [1.165, 1.54) is 128 Å². The molecule has 0 aliphatic heterocycles. The van der Waals surface area contributed by atoms with E-state index >= 15 is 17.6 Å². The van der Waals surface area contributed by atoms with Crippen LogP contribution in [0, 0.1) is 58.8 Å². The molecule has 0 heterocycles. The van der Waals surface area contributed by atoms with Crippen molar-refractivity contribution in [2.75, 3.05) is 13.2 Å². The van der Waals surface area contributed by atoms with E-state index in [0.29, 0.717) is 54.8 Å². The molecule has 0 radical (unpaired) electrons. The zero-order valence-corrected chi connectivity index (χ0v) is 45.4. The normalized spacial score (nSPS) is 22.6. The lowest BCUT2D eigenvalue weighted by Crippen LogP contribution is -2.16. The second kappa shape index (κ2) is 33.1. The Morgan fingerprint density at radius 3 is 1.15 bits per heavy atom. The lowest BCUT2D eigenvalue weighted by Gasteiger charge is -2.30. The Balaban J connectivity index is 0.733. The summed E-state index contributed by atoms with van der Waals surface area (Å²) in [5.41, 5.74) is 2.63. The highest BCUT2D eigenvalue weighted by molar-refractivity contribution is 5.78. The van der Waals surface area contributed by atoms with Crippen molar-refractivity contribution in [1.29, 1.82) is 0 Å². The van der Waals surface area contributed by atoms with Crippen LogP contribution in [-0.2, 0) is 4.79 Å². The van der Waals surface area contributed by atoms with Crippen LogP contribution < -0.4 is 9.47 Å². The van der Waals surface area contributed by atoms with Crippen LogP contribution in [0.2, 0.25) is 0 Å². The molecule has 72 heavy (non-hydrogen) atoms. The second-order valence-corrected chi connectivity index (χ2v) is 23.4. The molecule has 0 N–H and O–H groups in total. The number of carbonyl (C=O) groups excluding carboxylic acids is 1. The number of hydrogen-bond donors (Lipinski definition) is 0. The number of ether oxygens (including phenoxy) is 2. The topological polar surface area (TPSA) is 35.5 Å². The average Bonchev–Trinajstić information content (AvgIpc) is 3.40. The summed E-state index contributed by atoms with van der Waals surface area (Å²) in [7, 11) is 0. The Morgan fingerprint density at radius 1 is 0.417 bits per heavy atom. The first-order chi connectivity index (χ1) is 35.2. The van der Waals surface area contributed by atoms with E-state index in [9.17, 15) is 4.79 Å². The van der Waals surface area contributed by atoms with Crippen molar-refractivity contribution in [3.8, 4) is 11.5 Å². The van der Waals surface area contributed by atoms with E-state index in [1.54, 1.807) is 24.3 Å². The van der Waals surface area contributed by atoms with Crippen molar-refractivity contribution < 1.29 is 31.8 Å². The van der Waals surface area contributed by atoms with Gasteiger partial charge in [-0.15, -0.1) is 0 Å². The Labute approximate surface area is 435 Å². The van der Waals surface area contributed by atoms with E-state index in [1.807, 2.05) is 0 Å².